The molecule has 0 radical (unpaired) electrons. The number of aryl methyl sites for hydroxylation is 1. The Morgan fingerprint density at radius 1 is 1.39 bits per heavy atom. The number of nitrogens with two attached hydrogens (primary N) is 1. The summed E-state index contributed by atoms with van der Waals surface area (Å²) in [6, 6.07) is 0.274. The lowest BCUT2D eigenvalue weighted by Crippen LogP contribution is -2.48. The Balaban J connectivity index is 2.24. The molecule has 1 fully saturated rings. The molecule has 4 nitrogen and oxygen atoms in total. The van der Waals surface area contributed by atoms with Crippen molar-refractivity contribution in [3.05, 3.63) is 17.8 Å². The average molecular weight is 252 g/mol. The van der Waals surface area contributed by atoms with Crippen molar-refractivity contribution >= 4 is 5.82 Å². The standard InChI is InChI=1S/C13H21FN4/c1-3-10-12(14)13(17-8-16-10)18(2)11-7-5-4-6-9(11)15/h8-9,11H,3-7,15H2,1-2H3. The third-order valence-electron chi connectivity index (χ3n) is 3.79. The van der Waals surface area contributed by atoms with Gasteiger partial charge in [0.15, 0.2) is 11.6 Å². The maximum Gasteiger partial charge on any atom is 0.187 e. The summed E-state index contributed by atoms with van der Waals surface area (Å²) in [5, 5.41) is 0. The van der Waals surface area contributed by atoms with Crippen molar-refractivity contribution in [3.8, 4) is 0 Å². The molecule has 0 spiro atoms. The summed E-state index contributed by atoms with van der Waals surface area (Å²) in [5.74, 6) is 0.0736. The number of halogens is 1. The van der Waals surface area contributed by atoms with Crippen LogP contribution in [0.3, 0.4) is 0 Å². The minimum Gasteiger partial charge on any atom is -0.353 e. The number of hydrogen-bond acceptors (Lipinski definition) is 4. The van der Waals surface area contributed by atoms with Crippen LogP contribution in [0, 0.1) is 5.82 Å². The van der Waals surface area contributed by atoms with Gasteiger partial charge >= 0.3 is 0 Å². The second-order valence-electron chi connectivity index (χ2n) is 4.94. The van der Waals surface area contributed by atoms with E-state index in [0.717, 1.165) is 25.7 Å². The lowest BCUT2D eigenvalue weighted by molar-refractivity contribution is 0.369. The predicted molar refractivity (Wildman–Crippen MR) is 70.0 cm³/mol. The van der Waals surface area contributed by atoms with Gasteiger partial charge in [0.2, 0.25) is 0 Å². The Hall–Kier alpha value is -1.23. The fourth-order valence-corrected chi connectivity index (χ4v) is 2.67. The molecule has 5 heteroatoms. The molecule has 1 heterocycles. The maximum absolute atomic E-state index is 14.2. The summed E-state index contributed by atoms with van der Waals surface area (Å²) in [7, 11) is 1.88. The Bertz CT molecular complexity index is 410. The van der Waals surface area contributed by atoms with Gasteiger partial charge in [0.25, 0.3) is 0 Å². The van der Waals surface area contributed by atoms with Crippen molar-refractivity contribution in [1.29, 1.82) is 0 Å². The van der Waals surface area contributed by atoms with Gasteiger partial charge in [0.1, 0.15) is 6.33 Å². The second-order valence-corrected chi connectivity index (χ2v) is 4.94. The smallest absolute Gasteiger partial charge is 0.187 e. The Morgan fingerprint density at radius 3 is 2.78 bits per heavy atom. The van der Waals surface area contributed by atoms with Crippen molar-refractivity contribution in [2.45, 2.75) is 51.1 Å². The first kappa shape index (κ1) is 13.2. The number of anilines is 1. The Kier molecular flexibility index (Phi) is 4.11. The van der Waals surface area contributed by atoms with Crippen LogP contribution in [0.1, 0.15) is 38.3 Å². The second kappa shape index (κ2) is 5.61. The summed E-state index contributed by atoms with van der Waals surface area (Å²) in [6.45, 7) is 1.89. The van der Waals surface area contributed by atoms with Crippen LogP contribution in [0.25, 0.3) is 0 Å². The molecule has 1 aliphatic rings. The molecule has 2 unspecified atom stereocenters. The number of likely N-dealkylation sites (N-methyl/N-ethyl adjacent to an activating group) is 1. The normalized spacial score (nSPS) is 24.0. The van der Waals surface area contributed by atoms with Crippen LogP contribution in [0.4, 0.5) is 10.2 Å². The van der Waals surface area contributed by atoms with Crippen LogP contribution >= 0.6 is 0 Å². The number of nitrogens with zero attached hydrogens (tertiary/aromatic N) is 3. The number of hydrogen-bond donors (Lipinski definition) is 1. The SMILES string of the molecule is CCc1ncnc(N(C)C2CCCCC2N)c1F. The third-order valence-corrected chi connectivity index (χ3v) is 3.79. The maximum atomic E-state index is 14.2. The van der Waals surface area contributed by atoms with E-state index in [1.54, 1.807) is 0 Å². The van der Waals surface area contributed by atoms with Gasteiger partial charge in [-0.25, -0.2) is 14.4 Å². The van der Waals surface area contributed by atoms with Gasteiger partial charge in [-0.15, -0.1) is 0 Å². The highest BCUT2D eigenvalue weighted by Gasteiger charge is 2.28. The largest absolute Gasteiger partial charge is 0.353 e. The molecule has 1 aliphatic carbocycles. The molecule has 2 rings (SSSR count). The molecule has 0 saturated heterocycles. The van der Waals surface area contributed by atoms with Gasteiger partial charge in [-0.05, 0) is 19.3 Å². The summed E-state index contributed by atoms with van der Waals surface area (Å²) in [6.07, 6.45) is 6.33. The van der Waals surface area contributed by atoms with E-state index in [9.17, 15) is 4.39 Å². The predicted octanol–water partition coefficient (Wildman–Crippen LogP) is 1.88. The van der Waals surface area contributed by atoms with Crippen LogP contribution in [0.15, 0.2) is 6.33 Å². The molecule has 0 amide bonds. The van der Waals surface area contributed by atoms with Gasteiger partial charge in [-0.2, -0.15) is 0 Å². The van der Waals surface area contributed by atoms with Gasteiger partial charge < -0.3 is 10.6 Å². The van der Waals surface area contributed by atoms with E-state index in [-0.39, 0.29) is 17.9 Å². The molecule has 1 aromatic rings. The lowest BCUT2D eigenvalue weighted by Gasteiger charge is -2.36. The minimum atomic E-state index is -0.305. The average Bonchev–Trinajstić information content (AvgIpc) is 2.39. The van der Waals surface area contributed by atoms with Crippen molar-refractivity contribution < 1.29 is 4.39 Å². The molecular weight excluding hydrogens is 231 g/mol. The molecule has 2 N–H and O–H groups in total. The third kappa shape index (κ3) is 2.46. The van der Waals surface area contributed by atoms with Crippen LogP contribution < -0.4 is 10.6 Å². The molecular formula is C13H21FN4. The summed E-state index contributed by atoms with van der Waals surface area (Å²) >= 11 is 0. The van der Waals surface area contributed by atoms with Gasteiger partial charge in [-0.3, -0.25) is 0 Å². The van der Waals surface area contributed by atoms with Crippen molar-refractivity contribution in [2.24, 2.45) is 5.73 Å². The Labute approximate surface area is 107 Å². The van der Waals surface area contributed by atoms with Gasteiger partial charge in [0, 0.05) is 19.1 Å². The zero-order valence-corrected chi connectivity index (χ0v) is 11.1. The minimum absolute atomic E-state index is 0.100. The van der Waals surface area contributed by atoms with E-state index in [0.29, 0.717) is 17.9 Å². The van der Waals surface area contributed by atoms with Crippen molar-refractivity contribution in [1.82, 2.24) is 9.97 Å². The quantitative estimate of drug-likeness (QED) is 0.892. The summed E-state index contributed by atoms with van der Waals surface area (Å²) in [5.41, 5.74) is 6.60. The molecule has 18 heavy (non-hydrogen) atoms. The number of rotatable bonds is 3. The van der Waals surface area contributed by atoms with E-state index >= 15 is 0 Å². The van der Waals surface area contributed by atoms with Crippen LogP contribution in [0.2, 0.25) is 0 Å². The fraction of sp³-hybridized carbons (Fsp3) is 0.692. The Morgan fingerprint density at radius 2 is 2.11 bits per heavy atom. The molecule has 2 atom stereocenters. The highest BCUT2D eigenvalue weighted by molar-refractivity contribution is 5.42. The summed E-state index contributed by atoms with van der Waals surface area (Å²) in [4.78, 5) is 9.93. The van der Waals surface area contributed by atoms with Gasteiger partial charge in [0.05, 0.1) is 5.69 Å². The zero-order chi connectivity index (χ0) is 13.1. The molecule has 0 bridgehead atoms. The molecule has 100 valence electrons. The molecule has 1 saturated carbocycles. The molecule has 1 aromatic heterocycles. The zero-order valence-electron chi connectivity index (χ0n) is 11.1. The number of aromatic nitrogens is 2. The van der Waals surface area contributed by atoms with Crippen LogP contribution in [-0.2, 0) is 6.42 Å². The highest BCUT2D eigenvalue weighted by Crippen LogP contribution is 2.26. The van der Waals surface area contributed by atoms with E-state index in [1.807, 2.05) is 18.9 Å². The van der Waals surface area contributed by atoms with E-state index in [2.05, 4.69) is 9.97 Å². The monoisotopic (exact) mass is 252 g/mol. The van der Waals surface area contributed by atoms with Crippen molar-refractivity contribution in [2.75, 3.05) is 11.9 Å². The van der Waals surface area contributed by atoms with E-state index in [4.69, 9.17) is 5.73 Å². The molecule has 0 aromatic carbocycles. The molecule has 0 aliphatic heterocycles. The van der Waals surface area contributed by atoms with Gasteiger partial charge in [-0.1, -0.05) is 19.8 Å². The highest BCUT2D eigenvalue weighted by atomic mass is 19.1. The topological polar surface area (TPSA) is 55.0 Å². The van der Waals surface area contributed by atoms with Crippen LogP contribution in [-0.4, -0.2) is 29.1 Å². The van der Waals surface area contributed by atoms with Crippen molar-refractivity contribution in [3.63, 3.8) is 0 Å². The van der Waals surface area contributed by atoms with Crippen LogP contribution in [0.5, 0.6) is 0 Å². The first-order valence-corrected chi connectivity index (χ1v) is 6.63. The lowest BCUT2D eigenvalue weighted by atomic mass is 9.90. The van der Waals surface area contributed by atoms with E-state index in [1.165, 1.54) is 6.33 Å². The first-order valence-electron chi connectivity index (χ1n) is 6.63. The first-order chi connectivity index (χ1) is 8.65. The summed E-state index contributed by atoms with van der Waals surface area (Å²) < 4.78 is 14.2. The van der Waals surface area contributed by atoms with E-state index < -0.39 is 0 Å². The fourth-order valence-electron chi connectivity index (χ4n) is 2.67.